The minimum Gasteiger partial charge on any atom is -0.271 e. The third-order valence-corrected chi connectivity index (χ3v) is 4.63. The molecule has 1 unspecified atom stereocenters. The van der Waals surface area contributed by atoms with Gasteiger partial charge in [-0.05, 0) is 48.4 Å². The smallest absolute Gasteiger partial charge is 0.0489 e. The molecule has 100 valence electrons. The summed E-state index contributed by atoms with van der Waals surface area (Å²) < 4.78 is 1.01. The average molecular weight is 332 g/mol. The Bertz CT molecular complexity index is 383. The maximum Gasteiger partial charge on any atom is 0.0489 e. The SMILES string of the molecule is CC1CCC(C(NN)c2cc(Cl)cc(Br)c2)CC1. The molecule has 0 aromatic heterocycles. The van der Waals surface area contributed by atoms with Gasteiger partial charge in [-0.3, -0.25) is 11.3 Å². The Balaban J connectivity index is 2.17. The molecule has 0 saturated heterocycles. The number of nitrogens with two attached hydrogens (primary N) is 1. The van der Waals surface area contributed by atoms with E-state index in [-0.39, 0.29) is 6.04 Å². The van der Waals surface area contributed by atoms with Crippen molar-refractivity contribution in [3.63, 3.8) is 0 Å². The Kier molecular flexibility index (Phi) is 5.07. The highest BCUT2D eigenvalue weighted by atomic mass is 79.9. The third kappa shape index (κ3) is 3.47. The van der Waals surface area contributed by atoms with E-state index in [1.165, 1.54) is 31.2 Å². The van der Waals surface area contributed by atoms with Gasteiger partial charge in [0.15, 0.2) is 0 Å². The number of nitrogens with one attached hydrogen (secondary N) is 1. The van der Waals surface area contributed by atoms with Crippen LogP contribution in [0.2, 0.25) is 5.02 Å². The second-order valence-corrected chi connectivity index (χ2v) is 6.72. The van der Waals surface area contributed by atoms with Crippen LogP contribution in [0.25, 0.3) is 0 Å². The van der Waals surface area contributed by atoms with Gasteiger partial charge in [0, 0.05) is 15.5 Å². The van der Waals surface area contributed by atoms with Crippen molar-refractivity contribution in [3.05, 3.63) is 33.3 Å². The van der Waals surface area contributed by atoms with Crippen molar-refractivity contribution in [2.75, 3.05) is 0 Å². The Morgan fingerprint density at radius 2 is 1.94 bits per heavy atom. The summed E-state index contributed by atoms with van der Waals surface area (Å²) in [6, 6.07) is 6.22. The molecule has 0 spiro atoms. The van der Waals surface area contributed by atoms with Crippen LogP contribution >= 0.6 is 27.5 Å². The van der Waals surface area contributed by atoms with E-state index in [0.29, 0.717) is 5.92 Å². The largest absolute Gasteiger partial charge is 0.271 e. The average Bonchev–Trinajstić information content (AvgIpc) is 2.31. The molecule has 1 aromatic rings. The zero-order chi connectivity index (χ0) is 13.1. The van der Waals surface area contributed by atoms with E-state index in [1.807, 2.05) is 12.1 Å². The fourth-order valence-electron chi connectivity index (χ4n) is 2.88. The molecule has 1 fully saturated rings. The molecule has 0 aliphatic heterocycles. The van der Waals surface area contributed by atoms with Gasteiger partial charge < -0.3 is 0 Å². The zero-order valence-corrected chi connectivity index (χ0v) is 13.0. The van der Waals surface area contributed by atoms with E-state index in [4.69, 9.17) is 17.4 Å². The first-order chi connectivity index (χ1) is 8.60. The fourth-order valence-corrected chi connectivity index (χ4v) is 3.76. The van der Waals surface area contributed by atoms with Gasteiger partial charge in [-0.15, -0.1) is 0 Å². The molecule has 2 rings (SSSR count). The molecule has 1 atom stereocenters. The van der Waals surface area contributed by atoms with Crippen LogP contribution in [0, 0.1) is 11.8 Å². The predicted octanol–water partition coefficient (Wildman–Crippen LogP) is 4.43. The van der Waals surface area contributed by atoms with Crippen molar-refractivity contribution in [1.82, 2.24) is 5.43 Å². The Labute approximate surface area is 122 Å². The first kappa shape index (κ1) is 14.3. The van der Waals surface area contributed by atoms with E-state index < -0.39 is 0 Å². The highest BCUT2D eigenvalue weighted by Gasteiger charge is 2.26. The van der Waals surface area contributed by atoms with Crippen molar-refractivity contribution in [2.45, 2.75) is 38.6 Å². The van der Waals surface area contributed by atoms with Gasteiger partial charge in [0.2, 0.25) is 0 Å². The predicted molar refractivity (Wildman–Crippen MR) is 80.3 cm³/mol. The molecule has 1 saturated carbocycles. The number of hydrazine groups is 1. The summed E-state index contributed by atoms with van der Waals surface area (Å²) in [5, 5.41) is 0.754. The molecule has 0 amide bonds. The normalized spacial score (nSPS) is 26.0. The maximum atomic E-state index is 6.11. The van der Waals surface area contributed by atoms with Crippen LogP contribution in [-0.4, -0.2) is 0 Å². The van der Waals surface area contributed by atoms with Crippen LogP contribution in [0.3, 0.4) is 0 Å². The van der Waals surface area contributed by atoms with Gasteiger partial charge in [-0.25, -0.2) is 0 Å². The van der Waals surface area contributed by atoms with E-state index in [1.54, 1.807) is 0 Å². The van der Waals surface area contributed by atoms with Crippen molar-refractivity contribution in [1.29, 1.82) is 0 Å². The van der Waals surface area contributed by atoms with Crippen LogP contribution in [0.15, 0.2) is 22.7 Å². The molecule has 0 heterocycles. The molecule has 1 aliphatic carbocycles. The molecule has 3 N–H and O–H groups in total. The minimum atomic E-state index is 0.201. The Morgan fingerprint density at radius 3 is 2.50 bits per heavy atom. The molecule has 18 heavy (non-hydrogen) atoms. The number of rotatable bonds is 3. The summed E-state index contributed by atoms with van der Waals surface area (Å²) in [6.45, 7) is 2.33. The topological polar surface area (TPSA) is 38.0 Å². The van der Waals surface area contributed by atoms with Gasteiger partial charge in [0.25, 0.3) is 0 Å². The van der Waals surface area contributed by atoms with Gasteiger partial charge in [-0.2, -0.15) is 0 Å². The maximum absolute atomic E-state index is 6.11. The molecular weight excluding hydrogens is 312 g/mol. The quantitative estimate of drug-likeness (QED) is 0.635. The summed E-state index contributed by atoms with van der Waals surface area (Å²) in [4.78, 5) is 0. The Hall–Kier alpha value is -0.0900. The number of benzene rings is 1. The van der Waals surface area contributed by atoms with Crippen molar-refractivity contribution in [2.24, 2.45) is 17.7 Å². The first-order valence-electron chi connectivity index (χ1n) is 6.52. The second-order valence-electron chi connectivity index (χ2n) is 5.37. The highest BCUT2D eigenvalue weighted by Crippen LogP contribution is 2.37. The van der Waals surface area contributed by atoms with E-state index in [2.05, 4.69) is 34.3 Å². The highest BCUT2D eigenvalue weighted by molar-refractivity contribution is 9.10. The van der Waals surface area contributed by atoms with Crippen molar-refractivity contribution in [3.8, 4) is 0 Å². The van der Waals surface area contributed by atoms with E-state index in [9.17, 15) is 0 Å². The number of hydrogen-bond acceptors (Lipinski definition) is 2. The molecule has 4 heteroatoms. The minimum absolute atomic E-state index is 0.201. The van der Waals surface area contributed by atoms with E-state index >= 15 is 0 Å². The van der Waals surface area contributed by atoms with E-state index in [0.717, 1.165) is 15.4 Å². The van der Waals surface area contributed by atoms with Crippen LogP contribution in [0.5, 0.6) is 0 Å². The summed E-state index contributed by atoms with van der Waals surface area (Å²) in [6.07, 6.45) is 5.06. The second kappa shape index (κ2) is 6.38. The zero-order valence-electron chi connectivity index (χ0n) is 10.6. The monoisotopic (exact) mass is 330 g/mol. The van der Waals surface area contributed by atoms with Gasteiger partial charge in [0.05, 0.1) is 0 Å². The molecule has 1 aromatic carbocycles. The summed E-state index contributed by atoms with van der Waals surface area (Å²) >= 11 is 9.61. The third-order valence-electron chi connectivity index (χ3n) is 3.96. The van der Waals surface area contributed by atoms with Crippen LogP contribution in [0.1, 0.15) is 44.2 Å². The lowest BCUT2D eigenvalue weighted by atomic mass is 9.77. The van der Waals surface area contributed by atoms with Gasteiger partial charge in [-0.1, -0.05) is 47.3 Å². The van der Waals surface area contributed by atoms with Gasteiger partial charge in [0.1, 0.15) is 0 Å². The fraction of sp³-hybridized carbons (Fsp3) is 0.571. The standard InChI is InChI=1S/C14H20BrClN2/c1-9-2-4-10(5-3-9)14(18-17)11-6-12(15)8-13(16)7-11/h6-10,14,18H,2-5,17H2,1H3. The summed E-state index contributed by atoms with van der Waals surface area (Å²) in [5.74, 6) is 7.22. The Morgan fingerprint density at radius 1 is 1.28 bits per heavy atom. The molecule has 2 nitrogen and oxygen atoms in total. The van der Waals surface area contributed by atoms with Crippen LogP contribution in [-0.2, 0) is 0 Å². The summed E-state index contributed by atoms with van der Waals surface area (Å²) in [5.41, 5.74) is 4.16. The molecule has 1 aliphatic rings. The lowest BCUT2D eigenvalue weighted by Gasteiger charge is -2.32. The number of hydrogen-bond donors (Lipinski definition) is 2. The molecule has 0 bridgehead atoms. The summed E-state index contributed by atoms with van der Waals surface area (Å²) in [7, 11) is 0. The van der Waals surface area contributed by atoms with Gasteiger partial charge >= 0.3 is 0 Å². The molecular formula is C14H20BrClN2. The van der Waals surface area contributed by atoms with Crippen molar-refractivity contribution < 1.29 is 0 Å². The molecule has 0 radical (unpaired) electrons. The first-order valence-corrected chi connectivity index (χ1v) is 7.69. The number of halogens is 2. The van der Waals surface area contributed by atoms with Crippen molar-refractivity contribution >= 4 is 27.5 Å². The lowest BCUT2D eigenvalue weighted by molar-refractivity contribution is 0.232. The van der Waals surface area contributed by atoms with Crippen LogP contribution in [0.4, 0.5) is 0 Å². The lowest BCUT2D eigenvalue weighted by Crippen LogP contribution is -2.35. The van der Waals surface area contributed by atoms with Crippen LogP contribution < -0.4 is 11.3 Å².